The number of hydrogen-bond acceptors (Lipinski definition) is 31. The highest BCUT2D eigenvalue weighted by Gasteiger charge is 2.75. The molecule has 7 heterocycles. The van der Waals surface area contributed by atoms with E-state index in [0.717, 1.165) is 5.57 Å². The minimum Gasteiger partial charge on any atom is -0.396 e. The summed E-state index contributed by atoms with van der Waals surface area (Å²) in [4.78, 5) is 27.8. The fraction of sp³-hybridized carbons (Fsp3) is 0.935. The highest BCUT2D eigenvalue weighted by atomic mass is 16.8. The average Bonchev–Trinajstić information content (AvgIpc) is 1.55. The molecule has 0 aromatic rings. The van der Waals surface area contributed by atoms with E-state index < -0.39 is 238 Å². The molecule has 0 amide bonds. The fourth-order valence-corrected chi connectivity index (χ4v) is 17.8. The van der Waals surface area contributed by atoms with Crippen LogP contribution in [0, 0.1) is 33.5 Å². The molecule has 0 aromatic carbocycles. The van der Waals surface area contributed by atoms with Gasteiger partial charge in [-0.05, 0) is 76.0 Å². The second kappa shape index (κ2) is 27.5. The summed E-state index contributed by atoms with van der Waals surface area (Å²) < 4.78 is 79.2. The molecule has 31 nitrogen and oxygen atoms in total. The topological polar surface area (TPSA) is 478 Å². The van der Waals surface area contributed by atoms with Crippen LogP contribution in [0.4, 0.5) is 0 Å². The first-order valence-electron chi connectivity index (χ1n) is 32.8. The van der Waals surface area contributed by atoms with Gasteiger partial charge in [-0.15, -0.1) is 0 Å². The number of aliphatic hydroxyl groups excluding tert-OH is 16. The van der Waals surface area contributed by atoms with Gasteiger partial charge in [0.1, 0.15) is 134 Å². The van der Waals surface area contributed by atoms with Gasteiger partial charge in [-0.1, -0.05) is 45.8 Å². The van der Waals surface area contributed by atoms with Crippen LogP contribution in [0.3, 0.4) is 0 Å². The van der Waals surface area contributed by atoms with Crippen molar-refractivity contribution in [1.82, 2.24) is 0 Å². The highest BCUT2D eigenvalue weighted by Crippen LogP contribution is 2.74. The Morgan fingerprint density at radius 1 is 0.548 bits per heavy atom. The third-order valence-electron chi connectivity index (χ3n) is 23.7. The summed E-state index contributed by atoms with van der Waals surface area (Å²) in [6.45, 7) is 9.46. The number of ether oxygens (including phenoxy) is 13. The largest absolute Gasteiger partial charge is 0.396 e. The van der Waals surface area contributed by atoms with Crippen LogP contribution in [0.2, 0.25) is 0 Å². The van der Waals surface area contributed by atoms with Crippen molar-refractivity contribution in [1.29, 1.82) is 0 Å². The maximum atomic E-state index is 14.8. The van der Waals surface area contributed by atoms with Crippen LogP contribution in [0.25, 0.3) is 0 Å². The van der Waals surface area contributed by atoms with E-state index in [4.69, 9.17) is 61.6 Å². The summed E-state index contributed by atoms with van der Waals surface area (Å²) in [7, 11) is 0. The molecule has 0 radical (unpaired) electrons. The number of carbonyl (C=O) groups is 2. The second-order valence-electron chi connectivity index (χ2n) is 28.7. The fourth-order valence-electron chi connectivity index (χ4n) is 17.8. The number of carbonyl (C=O) groups excluding carboxylic acids is 2. The first-order chi connectivity index (χ1) is 43.9. The van der Waals surface area contributed by atoms with E-state index in [9.17, 15) is 91.3 Å². The molecular weight excluding hydrogens is 1240 g/mol. The van der Waals surface area contributed by atoms with Gasteiger partial charge in [0.15, 0.2) is 43.5 Å². The molecule has 9 fully saturated rings. The standard InChI is InChI=1S/C62H98O31/c1-8-27(66)30-15-23(2)62(93-30)16-35(69)61(7)26-9-10-34-58(4,25(26)11-14-60(61,62)6)13-12-36(59(34,5)22-65)88-53-47(80)44(77)41(74)33(87-53)21-83-55-49(38(71)28(67)19-81-55)91-57-51(92-52-46(79)43(76)37(70)24(3)84-52)48(42(75)32(18-64)86-57)89-56-50(39(72)29(68)20-82-56)90-54-45(78)40(73)31(17-63)85-54/h23-24,28-34,36-57,63-65,67-68,70-80H,8-22H2,1-7H3/t23-,24+,28+,29+,30+,31+,32-,33-,34-,36+,37+,38+,39+,40+,41-,42-,43-,44+,45-,46-,47-,48+,49-,50-,51-,52+,53+,54+,55+,56+,57+,58-,59-,60+,61-,62+/m1/s1. The van der Waals surface area contributed by atoms with Crippen molar-refractivity contribution in [2.45, 2.75) is 290 Å². The van der Waals surface area contributed by atoms with E-state index in [0.29, 0.717) is 51.4 Å². The zero-order valence-corrected chi connectivity index (χ0v) is 53.3. The van der Waals surface area contributed by atoms with E-state index in [2.05, 4.69) is 27.7 Å². The van der Waals surface area contributed by atoms with Crippen LogP contribution < -0.4 is 0 Å². The van der Waals surface area contributed by atoms with Gasteiger partial charge in [0.25, 0.3) is 0 Å². The lowest BCUT2D eigenvalue weighted by molar-refractivity contribution is -0.407. The summed E-state index contributed by atoms with van der Waals surface area (Å²) in [6, 6.07) is 0. The van der Waals surface area contributed by atoms with Crippen molar-refractivity contribution in [3.05, 3.63) is 11.1 Å². The van der Waals surface area contributed by atoms with E-state index >= 15 is 0 Å². The molecule has 2 saturated carbocycles. The number of hydrogen-bond donors (Lipinski definition) is 16. The van der Waals surface area contributed by atoms with Crippen molar-refractivity contribution in [3.63, 3.8) is 0 Å². The Balaban J connectivity index is 0.815. The number of fused-ring (bicyclic) bond motifs is 5. The van der Waals surface area contributed by atoms with Gasteiger partial charge in [0.2, 0.25) is 0 Å². The van der Waals surface area contributed by atoms with Gasteiger partial charge >= 0.3 is 0 Å². The molecular formula is C62H98O31. The van der Waals surface area contributed by atoms with Crippen LogP contribution in [-0.4, -0.2) is 317 Å². The Kier molecular flexibility index (Phi) is 21.3. The number of allylic oxidation sites excluding steroid dienone is 2. The monoisotopic (exact) mass is 1340 g/mol. The Bertz CT molecular complexity index is 2660. The van der Waals surface area contributed by atoms with Gasteiger partial charge in [-0.3, -0.25) is 9.59 Å². The Hall–Kier alpha value is -2.08. The zero-order valence-electron chi connectivity index (χ0n) is 53.3. The lowest BCUT2D eigenvalue weighted by Crippen LogP contribution is -2.68. The number of ketones is 2. The summed E-state index contributed by atoms with van der Waals surface area (Å²) in [5, 5.41) is 177. The van der Waals surface area contributed by atoms with Crippen LogP contribution >= 0.6 is 0 Å². The lowest BCUT2D eigenvalue weighted by atomic mass is 9.42. The maximum absolute atomic E-state index is 14.8. The van der Waals surface area contributed by atoms with Crippen LogP contribution in [0.1, 0.15) is 106 Å². The number of Topliss-reactive ketones (excluding diaryl/α,β-unsaturated/α-hetero) is 2. The maximum Gasteiger partial charge on any atom is 0.187 e. The van der Waals surface area contributed by atoms with Gasteiger partial charge in [0.05, 0.1) is 62.9 Å². The smallest absolute Gasteiger partial charge is 0.187 e. The van der Waals surface area contributed by atoms with Gasteiger partial charge in [0, 0.05) is 23.7 Å². The van der Waals surface area contributed by atoms with Crippen molar-refractivity contribution in [2.24, 2.45) is 33.5 Å². The molecule has 7 aliphatic heterocycles. The van der Waals surface area contributed by atoms with E-state index in [1.807, 2.05) is 13.8 Å². The molecule has 0 aromatic heterocycles. The first kappa shape index (κ1) is 72.2. The minimum atomic E-state index is -2.07. The molecule has 16 N–H and O–H groups in total. The van der Waals surface area contributed by atoms with Crippen LogP contribution in [0.5, 0.6) is 0 Å². The quantitative estimate of drug-likeness (QED) is 0.0570. The molecule has 1 spiro atoms. The van der Waals surface area contributed by atoms with E-state index in [-0.39, 0.29) is 36.4 Å². The Morgan fingerprint density at radius 2 is 1.09 bits per heavy atom. The van der Waals surface area contributed by atoms with Gasteiger partial charge < -0.3 is 143 Å². The summed E-state index contributed by atoms with van der Waals surface area (Å²) in [5.74, 6) is -0.105. The minimum absolute atomic E-state index is 0.0259. The van der Waals surface area contributed by atoms with E-state index in [1.54, 1.807) is 0 Å². The Morgan fingerprint density at radius 3 is 1.72 bits per heavy atom. The summed E-state index contributed by atoms with van der Waals surface area (Å²) >= 11 is 0. The molecule has 7 saturated heterocycles. The predicted octanol–water partition coefficient (Wildman–Crippen LogP) is -5.34. The molecule has 4 aliphatic carbocycles. The Labute approximate surface area is 537 Å². The van der Waals surface area contributed by atoms with Crippen LogP contribution in [0.15, 0.2) is 11.1 Å². The number of aliphatic hydroxyl groups is 16. The summed E-state index contributed by atoms with van der Waals surface area (Å²) in [5.41, 5.74) is -1.48. The normalized spacial score (nSPS) is 54.3. The molecule has 0 bridgehead atoms. The molecule has 93 heavy (non-hydrogen) atoms. The lowest BCUT2D eigenvalue weighted by Gasteiger charge is -2.63. The van der Waals surface area contributed by atoms with Gasteiger partial charge in [-0.2, -0.15) is 0 Å². The molecule has 532 valence electrons. The third-order valence-corrected chi connectivity index (χ3v) is 23.7. The van der Waals surface area contributed by atoms with Crippen molar-refractivity contribution in [3.8, 4) is 0 Å². The third kappa shape index (κ3) is 12.0. The van der Waals surface area contributed by atoms with Gasteiger partial charge in [-0.25, -0.2) is 0 Å². The first-order valence-corrected chi connectivity index (χ1v) is 32.8. The van der Waals surface area contributed by atoms with E-state index in [1.165, 1.54) is 12.5 Å². The summed E-state index contributed by atoms with van der Waals surface area (Å²) in [6.07, 6.45) is -45.7. The molecule has 0 unspecified atom stereocenters. The molecule has 11 aliphatic rings. The van der Waals surface area contributed by atoms with Crippen LogP contribution in [-0.2, 0) is 71.2 Å². The zero-order chi connectivity index (χ0) is 67.5. The number of rotatable bonds is 18. The molecule has 31 heteroatoms. The van der Waals surface area contributed by atoms with Crippen molar-refractivity contribution < 1.29 is 153 Å². The highest BCUT2D eigenvalue weighted by molar-refractivity contribution is 5.94. The molecule has 11 rings (SSSR count). The predicted molar refractivity (Wildman–Crippen MR) is 306 cm³/mol. The average molecular weight is 1340 g/mol. The SMILES string of the molecule is CCC(=O)[C@@H]1C[C@@H](C)[C@]2(CC(=O)[C@@]3(C)C4=C(CC[C@@]32C)[C@@]2(C)CC[C@H](O[C@@H]3O[C@H](CO[C@@H]5OC[C@H](O)[C@H](O)[C@H]5O[C@@H]5O[C@H](CO)[C@@H](O)[C@H](O[C@@H]6OC[C@H](O)[C@H](O)[C@H]6O[C@@H]6O[C@@H](CO)[C@H](O)[C@H]6O)[C@H]5O[C@@H]5O[C@@H](C)[C@H](O)[C@@H](O)[C@H]5O)[C@@H](O)[C@H](O)[C@H]3O)[C@](C)(CO)[C@@H]2CC4)O1. The molecule has 36 atom stereocenters. The van der Waals surface area contributed by atoms with Crippen molar-refractivity contribution >= 4 is 11.6 Å². The van der Waals surface area contributed by atoms with Crippen molar-refractivity contribution in [2.75, 3.05) is 39.6 Å². The second-order valence-corrected chi connectivity index (χ2v) is 28.7.